The third-order valence-corrected chi connectivity index (χ3v) is 2.51. The van der Waals surface area contributed by atoms with Gasteiger partial charge in [-0.3, -0.25) is 4.79 Å². The molecule has 0 radical (unpaired) electrons. The summed E-state index contributed by atoms with van der Waals surface area (Å²) in [5, 5.41) is 8.78. The van der Waals surface area contributed by atoms with Crippen LogP contribution in [0.15, 0.2) is 18.2 Å². The number of carbonyl (C=O) groups is 1. The van der Waals surface area contributed by atoms with Gasteiger partial charge in [0.05, 0.1) is 11.0 Å². The molecule has 0 amide bonds. The molecule has 16 heavy (non-hydrogen) atoms. The minimum absolute atomic E-state index is 0.275. The molecule has 0 unspecified atom stereocenters. The molecular weight excluding hydrogens is 204 g/mol. The van der Waals surface area contributed by atoms with Crippen molar-refractivity contribution in [2.24, 2.45) is 0 Å². The van der Waals surface area contributed by atoms with E-state index in [-0.39, 0.29) is 5.78 Å². The van der Waals surface area contributed by atoms with Crippen molar-refractivity contribution in [1.29, 1.82) is 0 Å². The summed E-state index contributed by atoms with van der Waals surface area (Å²) in [6.07, 6.45) is 0. The number of hydrogen-bond acceptors (Lipinski definition) is 3. The number of aliphatic hydroxyl groups excluding tert-OH is 1. The summed E-state index contributed by atoms with van der Waals surface area (Å²) >= 11 is 0. The van der Waals surface area contributed by atoms with E-state index in [0.717, 1.165) is 16.9 Å². The normalized spacial score (nSPS) is 11.2. The third-order valence-electron chi connectivity index (χ3n) is 2.51. The van der Waals surface area contributed by atoms with Crippen LogP contribution < -0.4 is 0 Å². The number of H-pyrrole nitrogens is 1. The molecule has 1 aromatic carbocycles. The molecule has 4 nitrogen and oxygen atoms in total. The van der Waals surface area contributed by atoms with E-state index in [1.54, 1.807) is 18.2 Å². The van der Waals surface area contributed by atoms with Crippen molar-refractivity contribution in [1.82, 2.24) is 9.97 Å². The van der Waals surface area contributed by atoms with Crippen molar-refractivity contribution in [2.45, 2.75) is 19.8 Å². The summed E-state index contributed by atoms with van der Waals surface area (Å²) in [5.41, 5.74) is 2.19. The Bertz CT molecular complexity index is 529. The minimum Gasteiger partial charge on any atom is -0.388 e. The summed E-state index contributed by atoms with van der Waals surface area (Å²) < 4.78 is 0. The molecule has 2 rings (SSSR count). The number of carbonyl (C=O) groups excluding carboxylic acids is 1. The molecule has 0 aliphatic heterocycles. The molecule has 0 saturated carbocycles. The van der Waals surface area contributed by atoms with Crippen LogP contribution >= 0.6 is 0 Å². The molecule has 84 valence electrons. The zero-order valence-electron chi connectivity index (χ0n) is 9.32. The lowest BCUT2D eigenvalue weighted by atomic mass is 10.1. The first kappa shape index (κ1) is 10.8. The van der Waals surface area contributed by atoms with Gasteiger partial charge in [0.15, 0.2) is 5.78 Å². The Hall–Kier alpha value is -1.68. The highest BCUT2D eigenvalue weighted by Crippen LogP contribution is 2.18. The van der Waals surface area contributed by atoms with Gasteiger partial charge in [0.2, 0.25) is 0 Å². The van der Waals surface area contributed by atoms with Gasteiger partial charge < -0.3 is 10.1 Å². The molecule has 1 aromatic heterocycles. The predicted molar refractivity (Wildman–Crippen MR) is 61.6 cm³/mol. The lowest BCUT2D eigenvalue weighted by molar-refractivity contribution is 0.0904. The van der Waals surface area contributed by atoms with Gasteiger partial charge in [0.1, 0.15) is 12.4 Å². The molecule has 0 spiro atoms. The SMILES string of the molecule is CC(C)c1nc2ccc(C(=O)CO)cc2[nH]1. The Labute approximate surface area is 93.3 Å². The highest BCUT2D eigenvalue weighted by Gasteiger charge is 2.09. The Morgan fingerprint density at radius 3 is 2.88 bits per heavy atom. The van der Waals surface area contributed by atoms with Crippen molar-refractivity contribution >= 4 is 16.8 Å². The lowest BCUT2D eigenvalue weighted by Gasteiger charge is -1.96. The summed E-state index contributed by atoms with van der Waals surface area (Å²) in [7, 11) is 0. The molecule has 1 heterocycles. The highest BCUT2D eigenvalue weighted by molar-refractivity contribution is 5.99. The van der Waals surface area contributed by atoms with Crippen molar-refractivity contribution in [2.75, 3.05) is 6.61 Å². The van der Waals surface area contributed by atoms with Gasteiger partial charge in [-0.25, -0.2) is 4.98 Å². The Balaban J connectivity index is 2.49. The zero-order chi connectivity index (χ0) is 11.7. The molecule has 4 heteroatoms. The number of ketones is 1. The first-order chi connectivity index (χ1) is 7.61. The van der Waals surface area contributed by atoms with E-state index in [2.05, 4.69) is 23.8 Å². The smallest absolute Gasteiger partial charge is 0.188 e. The summed E-state index contributed by atoms with van der Waals surface area (Å²) in [6.45, 7) is 3.64. The molecule has 0 aliphatic carbocycles. The molecule has 0 atom stereocenters. The Morgan fingerprint density at radius 2 is 2.25 bits per heavy atom. The molecule has 0 aliphatic rings. The zero-order valence-corrected chi connectivity index (χ0v) is 9.32. The summed E-state index contributed by atoms with van der Waals surface area (Å²) in [4.78, 5) is 18.9. The molecule has 0 bridgehead atoms. The standard InChI is InChI=1S/C12H14N2O2/c1-7(2)12-13-9-4-3-8(11(16)6-15)5-10(9)14-12/h3-5,7,15H,6H2,1-2H3,(H,13,14). The van der Waals surface area contributed by atoms with Gasteiger partial charge in [-0.05, 0) is 18.2 Å². The first-order valence-electron chi connectivity index (χ1n) is 5.25. The van der Waals surface area contributed by atoms with Crippen LogP contribution in [0.25, 0.3) is 11.0 Å². The van der Waals surface area contributed by atoms with Gasteiger partial charge in [-0.1, -0.05) is 13.8 Å². The van der Waals surface area contributed by atoms with Crippen LogP contribution in [0, 0.1) is 0 Å². The molecule has 0 fully saturated rings. The van der Waals surface area contributed by atoms with Gasteiger partial charge in [-0.2, -0.15) is 0 Å². The van der Waals surface area contributed by atoms with Crippen LogP contribution in [0.1, 0.15) is 35.9 Å². The number of hydrogen-bond donors (Lipinski definition) is 2. The second kappa shape index (κ2) is 4.06. The van der Waals surface area contributed by atoms with Gasteiger partial charge >= 0.3 is 0 Å². The largest absolute Gasteiger partial charge is 0.388 e. The van der Waals surface area contributed by atoms with E-state index < -0.39 is 6.61 Å². The number of fused-ring (bicyclic) bond motifs is 1. The summed E-state index contributed by atoms with van der Waals surface area (Å²) in [6, 6.07) is 5.21. The lowest BCUT2D eigenvalue weighted by Crippen LogP contribution is -2.03. The quantitative estimate of drug-likeness (QED) is 0.773. The number of imidazole rings is 1. The maximum Gasteiger partial charge on any atom is 0.188 e. The number of benzene rings is 1. The number of nitrogens with one attached hydrogen (secondary N) is 1. The van der Waals surface area contributed by atoms with Crippen molar-refractivity contribution in [3.05, 3.63) is 29.6 Å². The van der Waals surface area contributed by atoms with Crippen LogP contribution in [0.5, 0.6) is 0 Å². The summed E-state index contributed by atoms with van der Waals surface area (Å²) in [5.74, 6) is 0.954. The molecule has 2 aromatic rings. The fraction of sp³-hybridized carbons (Fsp3) is 0.333. The Kier molecular flexibility index (Phi) is 2.75. The molecular formula is C12H14N2O2. The minimum atomic E-state index is -0.462. The second-order valence-electron chi connectivity index (χ2n) is 4.09. The number of Topliss-reactive ketones (excluding diaryl/α,β-unsaturated/α-hetero) is 1. The van der Waals surface area contributed by atoms with Gasteiger partial charge in [0.25, 0.3) is 0 Å². The molecule has 0 saturated heterocycles. The van der Waals surface area contributed by atoms with Gasteiger partial charge in [-0.15, -0.1) is 0 Å². The van der Waals surface area contributed by atoms with E-state index in [1.807, 2.05) is 0 Å². The van der Waals surface area contributed by atoms with E-state index >= 15 is 0 Å². The third kappa shape index (κ3) is 1.84. The van der Waals surface area contributed by atoms with Crippen LogP contribution in [0.3, 0.4) is 0 Å². The van der Waals surface area contributed by atoms with Gasteiger partial charge in [0, 0.05) is 11.5 Å². The second-order valence-corrected chi connectivity index (χ2v) is 4.09. The van der Waals surface area contributed by atoms with E-state index in [4.69, 9.17) is 5.11 Å². The van der Waals surface area contributed by atoms with Crippen molar-refractivity contribution in [3.63, 3.8) is 0 Å². The molecule has 2 N–H and O–H groups in total. The van der Waals surface area contributed by atoms with Crippen LogP contribution in [0.4, 0.5) is 0 Å². The maximum atomic E-state index is 11.3. The number of aromatic amines is 1. The monoisotopic (exact) mass is 218 g/mol. The topological polar surface area (TPSA) is 66.0 Å². The first-order valence-corrected chi connectivity index (χ1v) is 5.25. The number of rotatable bonds is 3. The van der Waals surface area contributed by atoms with E-state index in [1.165, 1.54) is 0 Å². The van der Waals surface area contributed by atoms with E-state index in [9.17, 15) is 4.79 Å². The van der Waals surface area contributed by atoms with E-state index in [0.29, 0.717) is 11.5 Å². The number of aromatic nitrogens is 2. The number of nitrogens with zero attached hydrogens (tertiary/aromatic N) is 1. The maximum absolute atomic E-state index is 11.3. The average Bonchev–Trinajstić information content (AvgIpc) is 2.70. The fourth-order valence-corrected chi connectivity index (χ4v) is 1.57. The fourth-order valence-electron chi connectivity index (χ4n) is 1.57. The van der Waals surface area contributed by atoms with Crippen LogP contribution in [-0.2, 0) is 0 Å². The predicted octanol–water partition coefficient (Wildman–Crippen LogP) is 1.86. The highest BCUT2D eigenvalue weighted by atomic mass is 16.3. The van der Waals surface area contributed by atoms with Crippen molar-refractivity contribution in [3.8, 4) is 0 Å². The average molecular weight is 218 g/mol. The number of aliphatic hydroxyl groups is 1. The van der Waals surface area contributed by atoms with Crippen LogP contribution in [-0.4, -0.2) is 27.5 Å². The van der Waals surface area contributed by atoms with Crippen LogP contribution in [0.2, 0.25) is 0 Å². The Morgan fingerprint density at radius 1 is 1.50 bits per heavy atom. The van der Waals surface area contributed by atoms with Crippen molar-refractivity contribution < 1.29 is 9.90 Å².